The van der Waals surface area contributed by atoms with Gasteiger partial charge in [-0.05, 0) is 35.7 Å². The largest absolute Gasteiger partial charge is 0.505 e. The molecule has 84 valence electrons. The van der Waals surface area contributed by atoms with Crippen LogP contribution in [0.4, 0.5) is 4.39 Å². The van der Waals surface area contributed by atoms with Crippen LogP contribution in [0.15, 0.2) is 41.9 Å². The first kappa shape index (κ1) is 10.2. The molecule has 1 aromatic carbocycles. The molecular formula is C13H8FNOS. The molecule has 2 heterocycles. The second-order valence-electron chi connectivity index (χ2n) is 3.66. The molecule has 0 saturated carbocycles. The molecule has 0 aliphatic heterocycles. The SMILES string of the molecule is Oc1cnc(-c2ccc(F)cc2)c2ccsc12. The summed E-state index contributed by atoms with van der Waals surface area (Å²) in [4.78, 5) is 4.21. The van der Waals surface area contributed by atoms with Crippen LogP contribution < -0.4 is 0 Å². The fourth-order valence-corrected chi connectivity index (χ4v) is 2.59. The molecule has 0 radical (unpaired) electrons. The van der Waals surface area contributed by atoms with Gasteiger partial charge in [0.2, 0.25) is 0 Å². The van der Waals surface area contributed by atoms with E-state index in [4.69, 9.17) is 0 Å². The van der Waals surface area contributed by atoms with Gasteiger partial charge in [0.25, 0.3) is 0 Å². The normalized spacial score (nSPS) is 10.9. The highest BCUT2D eigenvalue weighted by molar-refractivity contribution is 7.17. The van der Waals surface area contributed by atoms with Crippen molar-refractivity contribution in [2.24, 2.45) is 0 Å². The summed E-state index contributed by atoms with van der Waals surface area (Å²) in [6, 6.07) is 8.09. The maximum Gasteiger partial charge on any atom is 0.151 e. The van der Waals surface area contributed by atoms with Gasteiger partial charge in [-0.1, -0.05) is 0 Å². The van der Waals surface area contributed by atoms with Crippen LogP contribution in [0, 0.1) is 5.82 Å². The van der Waals surface area contributed by atoms with Crippen molar-refractivity contribution >= 4 is 21.4 Å². The van der Waals surface area contributed by atoms with Crippen LogP contribution in [0.3, 0.4) is 0 Å². The molecule has 0 aliphatic carbocycles. The Balaban J connectivity index is 2.27. The van der Waals surface area contributed by atoms with E-state index in [1.54, 1.807) is 12.1 Å². The number of benzene rings is 1. The molecule has 3 rings (SSSR count). The molecule has 0 atom stereocenters. The molecule has 0 saturated heterocycles. The van der Waals surface area contributed by atoms with Gasteiger partial charge in [-0.2, -0.15) is 0 Å². The summed E-state index contributed by atoms with van der Waals surface area (Å²) in [7, 11) is 0. The summed E-state index contributed by atoms with van der Waals surface area (Å²) in [5.41, 5.74) is 1.61. The zero-order chi connectivity index (χ0) is 11.8. The quantitative estimate of drug-likeness (QED) is 0.707. The molecular weight excluding hydrogens is 237 g/mol. The van der Waals surface area contributed by atoms with Crippen LogP contribution in [0.25, 0.3) is 21.3 Å². The Morgan fingerprint density at radius 3 is 2.65 bits per heavy atom. The minimum atomic E-state index is -0.269. The molecule has 3 aromatic rings. The third-order valence-electron chi connectivity index (χ3n) is 2.59. The Hall–Kier alpha value is -1.94. The molecule has 0 spiro atoms. The van der Waals surface area contributed by atoms with Crippen molar-refractivity contribution in [1.29, 1.82) is 0 Å². The summed E-state index contributed by atoms with van der Waals surface area (Å²) >= 11 is 1.46. The van der Waals surface area contributed by atoms with Crippen LogP contribution in [0.2, 0.25) is 0 Å². The fourth-order valence-electron chi connectivity index (χ4n) is 1.79. The van der Waals surface area contributed by atoms with Gasteiger partial charge < -0.3 is 5.11 Å². The molecule has 1 N–H and O–H groups in total. The highest BCUT2D eigenvalue weighted by Gasteiger charge is 2.09. The summed E-state index contributed by atoms with van der Waals surface area (Å²) in [5, 5.41) is 12.5. The summed E-state index contributed by atoms with van der Waals surface area (Å²) in [6.45, 7) is 0. The van der Waals surface area contributed by atoms with Gasteiger partial charge in [0.1, 0.15) is 5.82 Å². The number of hydrogen-bond acceptors (Lipinski definition) is 3. The smallest absolute Gasteiger partial charge is 0.151 e. The van der Waals surface area contributed by atoms with E-state index in [1.165, 1.54) is 29.7 Å². The van der Waals surface area contributed by atoms with E-state index in [9.17, 15) is 9.50 Å². The second kappa shape index (κ2) is 3.82. The zero-order valence-electron chi connectivity index (χ0n) is 8.72. The third-order valence-corrected chi connectivity index (χ3v) is 3.52. The Morgan fingerprint density at radius 1 is 1.12 bits per heavy atom. The highest BCUT2D eigenvalue weighted by Crippen LogP contribution is 2.35. The molecule has 2 aromatic heterocycles. The molecule has 0 fully saturated rings. The number of nitrogens with zero attached hydrogens (tertiary/aromatic N) is 1. The topological polar surface area (TPSA) is 33.1 Å². The van der Waals surface area contributed by atoms with Crippen LogP contribution in [0.1, 0.15) is 0 Å². The van der Waals surface area contributed by atoms with E-state index >= 15 is 0 Å². The second-order valence-corrected chi connectivity index (χ2v) is 4.58. The monoisotopic (exact) mass is 245 g/mol. The average Bonchev–Trinajstić information content (AvgIpc) is 2.81. The average molecular weight is 245 g/mol. The number of aromatic hydroxyl groups is 1. The maximum absolute atomic E-state index is 12.9. The number of rotatable bonds is 1. The first-order valence-electron chi connectivity index (χ1n) is 5.07. The molecule has 2 nitrogen and oxygen atoms in total. The van der Waals surface area contributed by atoms with Crippen molar-refractivity contribution in [3.63, 3.8) is 0 Å². The van der Waals surface area contributed by atoms with Crippen LogP contribution in [0.5, 0.6) is 5.75 Å². The summed E-state index contributed by atoms with van der Waals surface area (Å²) in [5.74, 6) is -0.0880. The van der Waals surface area contributed by atoms with Crippen molar-refractivity contribution in [3.05, 3.63) is 47.7 Å². The predicted molar refractivity (Wildman–Crippen MR) is 66.7 cm³/mol. The van der Waals surface area contributed by atoms with Gasteiger partial charge in [0.15, 0.2) is 5.75 Å². The van der Waals surface area contributed by atoms with Crippen molar-refractivity contribution < 1.29 is 9.50 Å². The van der Waals surface area contributed by atoms with E-state index in [0.717, 1.165) is 21.3 Å². The summed E-state index contributed by atoms with van der Waals surface area (Å²) < 4.78 is 13.7. The number of halogens is 1. The molecule has 0 amide bonds. The zero-order valence-corrected chi connectivity index (χ0v) is 9.54. The minimum Gasteiger partial charge on any atom is -0.505 e. The number of fused-ring (bicyclic) bond motifs is 1. The predicted octanol–water partition coefficient (Wildman–Crippen LogP) is 3.81. The molecule has 17 heavy (non-hydrogen) atoms. The lowest BCUT2D eigenvalue weighted by molar-refractivity contribution is 0.480. The Kier molecular flexibility index (Phi) is 2.30. The lowest BCUT2D eigenvalue weighted by Crippen LogP contribution is -1.84. The van der Waals surface area contributed by atoms with Gasteiger partial charge in [-0.15, -0.1) is 11.3 Å². The minimum absolute atomic E-state index is 0.181. The van der Waals surface area contributed by atoms with Crippen LogP contribution in [-0.4, -0.2) is 10.1 Å². The maximum atomic E-state index is 12.9. The third kappa shape index (κ3) is 1.66. The van der Waals surface area contributed by atoms with E-state index in [1.807, 2.05) is 11.4 Å². The molecule has 4 heteroatoms. The Morgan fingerprint density at radius 2 is 1.88 bits per heavy atom. The first-order chi connectivity index (χ1) is 8.25. The number of pyridine rings is 1. The standard InChI is InChI=1S/C13H8FNOS/c14-9-3-1-8(2-4-9)12-10-5-6-17-13(10)11(16)7-15-12/h1-7,16H. The van der Waals surface area contributed by atoms with Gasteiger partial charge in [0, 0.05) is 10.9 Å². The number of aromatic nitrogens is 1. The number of hydrogen-bond donors (Lipinski definition) is 1. The van der Waals surface area contributed by atoms with Crippen molar-refractivity contribution in [2.45, 2.75) is 0 Å². The molecule has 0 aliphatic rings. The first-order valence-corrected chi connectivity index (χ1v) is 5.95. The van der Waals surface area contributed by atoms with Gasteiger partial charge >= 0.3 is 0 Å². The van der Waals surface area contributed by atoms with Gasteiger partial charge in [0.05, 0.1) is 16.6 Å². The Labute approximate surface area is 101 Å². The Bertz CT molecular complexity index is 675. The van der Waals surface area contributed by atoms with Crippen LogP contribution in [-0.2, 0) is 0 Å². The van der Waals surface area contributed by atoms with Gasteiger partial charge in [-0.3, -0.25) is 4.98 Å². The van der Waals surface area contributed by atoms with Crippen molar-refractivity contribution in [2.75, 3.05) is 0 Å². The highest BCUT2D eigenvalue weighted by atomic mass is 32.1. The van der Waals surface area contributed by atoms with Gasteiger partial charge in [-0.25, -0.2) is 4.39 Å². The molecule has 0 bridgehead atoms. The summed E-state index contributed by atoms with van der Waals surface area (Å²) in [6.07, 6.45) is 1.43. The lowest BCUT2D eigenvalue weighted by atomic mass is 10.1. The van der Waals surface area contributed by atoms with Crippen molar-refractivity contribution in [3.8, 4) is 17.0 Å². The van der Waals surface area contributed by atoms with Crippen LogP contribution >= 0.6 is 11.3 Å². The fraction of sp³-hybridized carbons (Fsp3) is 0. The van der Waals surface area contributed by atoms with Crippen molar-refractivity contribution in [1.82, 2.24) is 4.98 Å². The lowest BCUT2D eigenvalue weighted by Gasteiger charge is -2.03. The van der Waals surface area contributed by atoms with E-state index in [-0.39, 0.29) is 11.6 Å². The van der Waals surface area contributed by atoms with E-state index in [0.29, 0.717) is 0 Å². The van der Waals surface area contributed by atoms with E-state index in [2.05, 4.69) is 4.98 Å². The molecule has 0 unspecified atom stereocenters. The van der Waals surface area contributed by atoms with E-state index < -0.39 is 0 Å². The number of thiophene rings is 1.